The molecule has 0 radical (unpaired) electrons. The number of hydrogen-bond acceptors (Lipinski definition) is 6. The lowest BCUT2D eigenvalue weighted by molar-refractivity contribution is 0.0592. The molecule has 0 atom stereocenters. The van der Waals surface area contributed by atoms with Gasteiger partial charge in [0.05, 0.1) is 19.9 Å². The number of hydrogen-bond donors (Lipinski definition) is 1. The lowest BCUT2D eigenvalue weighted by Crippen LogP contribution is -2.11. The Labute approximate surface area is 122 Å². The third-order valence-corrected chi connectivity index (χ3v) is 3.39. The first-order chi connectivity index (χ1) is 10.2. The van der Waals surface area contributed by atoms with Crippen LogP contribution in [0.3, 0.4) is 0 Å². The highest BCUT2D eigenvalue weighted by molar-refractivity contribution is 5.89. The SMILES string of the molecule is COC(=O)c1nc(-c2cccc(OC)c2)nc2c1CNC2. The van der Waals surface area contributed by atoms with Crippen LogP contribution in [0.5, 0.6) is 5.75 Å². The van der Waals surface area contributed by atoms with Gasteiger partial charge in [-0.3, -0.25) is 0 Å². The van der Waals surface area contributed by atoms with Crippen LogP contribution in [0.2, 0.25) is 0 Å². The number of methoxy groups -OCH3 is 2. The summed E-state index contributed by atoms with van der Waals surface area (Å²) < 4.78 is 10.0. The fourth-order valence-corrected chi connectivity index (χ4v) is 2.33. The Kier molecular flexibility index (Phi) is 3.53. The molecule has 6 nitrogen and oxygen atoms in total. The van der Waals surface area contributed by atoms with Crippen LogP contribution in [0.1, 0.15) is 21.7 Å². The van der Waals surface area contributed by atoms with Gasteiger partial charge in [-0.25, -0.2) is 14.8 Å². The summed E-state index contributed by atoms with van der Waals surface area (Å²) in [5.41, 5.74) is 2.77. The molecular weight excluding hydrogens is 270 g/mol. The minimum absolute atomic E-state index is 0.324. The lowest BCUT2D eigenvalue weighted by atomic mass is 10.1. The molecule has 0 bridgehead atoms. The quantitative estimate of drug-likeness (QED) is 0.862. The van der Waals surface area contributed by atoms with Gasteiger partial charge in [-0.05, 0) is 12.1 Å². The molecule has 2 aromatic rings. The number of fused-ring (bicyclic) bond motifs is 1. The molecule has 108 valence electrons. The minimum atomic E-state index is -0.443. The molecule has 21 heavy (non-hydrogen) atoms. The Balaban J connectivity index is 2.13. The van der Waals surface area contributed by atoms with Gasteiger partial charge in [-0.1, -0.05) is 12.1 Å². The molecule has 1 aliphatic heterocycles. The maximum atomic E-state index is 11.9. The van der Waals surface area contributed by atoms with E-state index in [9.17, 15) is 4.79 Å². The number of ether oxygens (including phenoxy) is 2. The van der Waals surface area contributed by atoms with E-state index in [0.29, 0.717) is 30.4 Å². The van der Waals surface area contributed by atoms with E-state index in [0.717, 1.165) is 16.8 Å². The zero-order valence-electron chi connectivity index (χ0n) is 11.8. The predicted octanol–water partition coefficient (Wildman–Crippen LogP) is 1.54. The fourth-order valence-electron chi connectivity index (χ4n) is 2.33. The third kappa shape index (κ3) is 2.45. The monoisotopic (exact) mass is 285 g/mol. The van der Waals surface area contributed by atoms with Gasteiger partial charge in [0.15, 0.2) is 11.5 Å². The highest BCUT2D eigenvalue weighted by Crippen LogP contribution is 2.25. The van der Waals surface area contributed by atoms with Crippen molar-refractivity contribution in [3.8, 4) is 17.1 Å². The van der Waals surface area contributed by atoms with Crippen LogP contribution in [-0.4, -0.2) is 30.2 Å². The van der Waals surface area contributed by atoms with Crippen molar-refractivity contribution in [2.75, 3.05) is 14.2 Å². The minimum Gasteiger partial charge on any atom is -0.497 e. The van der Waals surface area contributed by atoms with E-state index < -0.39 is 5.97 Å². The molecule has 1 aliphatic rings. The number of rotatable bonds is 3. The Morgan fingerprint density at radius 2 is 2.10 bits per heavy atom. The van der Waals surface area contributed by atoms with Crippen molar-refractivity contribution in [1.82, 2.24) is 15.3 Å². The van der Waals surface area contributed by atoms with Gasteiger partial charge >= 0.3 is 5.97 Å². The van der Waals surface area contributed by atoms with Crippen LogP contribution in [0, 0.1) is 0 Å². The Morgan fingerprint density at radius 1 is 1.24 bits per heavy atom. The van der Waals surface area contributed by atoms with Gasteiger partial charge < -0.3 is 14.8 Å². The summed E-state index contributed by atoms with van der Waals surface area (Å²) in [7, 11) is 2.96. The summed E-state index contributed by atoms with van der Waals surface area (Å²) in [5, 5.41) is 3.17. The van der Waals surface area contributed by atoms with Gasteiger partial charge in [-0.2, -0.15) is 0 Å². The first-order valence-corrected chi connectivity index (χ1v) is 6.56. The molecular formula is C15H15N3O3. The highest BCUT2D eigenvalue weighted by Gasteiger charge is 2.24. The maximum absolute atomic E-state index is 11.9. The van der Waals surface area contributed by atoms with Crippen molar-refractivity contribution in [1.29, 1.82) is 0 Å². The van der Waals surface area contributed by atoms with Crippen molar-refractivity contribution in [2.45, 2.75) is 13.1 Å². The molecule has 3 rings (SSSR count). The van der Waals surface area contributed by atoms with E-state index in [2.05, 4.69) is 15.3 Å². The van der Waals surface area contributed by atoms with Crippen LogP contribution in [0.4, 0.5) is 0 Å². The molecule has 6 heteroatoms. The van der Waals surface area contributed by atoms with Gasteiger partial charge in [0.25, 0.3) is 0 Å². The largest absolute Gasteiger partial charge is 0.497 e. The zero-order chi connectivity index (χ0) is 14.8. The second-order valence-electron chi connectivity index (χ2n) is 4.65. The maximum Gasteiger partial charge on any atom is 0.357 e. The van der Waals surface area contributed by atoms with E-state index in [1.54, 1.807) is 7.11 Å². The number of nitrogens with zero attached hydrogens (tertiary/aromatic N) is 2. The average Bonchev–Trinajstić information content (AvgIpc) is 3.01. The Morgan fingerprint density at radius 3 is 2.86 bits per heavy atom. The Hall–Kier alpha value is -2.47. The molecule has 0 saturated carbocycles. The summed E-state index contributed by atoms with van der Waals surface area (Å²) in [6.07, 6.45) is 0. The number of esters is 1. The van der Waals surface area contributed by atoms with Gasteiger partial charge in [-0.15, -0.1) is 0 Å². The molecule has 1 N–H and O–H groups in total. The second-order valence-corrected chi connectivity index (χ2v) is 4.65. The Bertz CT molecular complexity index is 701. The van der Waals surface area contributed by atoms with Crippen LogP contribution in [0.15, 0.2) is 24.3 Å². The van der Waals surface area contributed by atoms with Gasteiger partial charge in [0.2, 0.25) is 0 Å². The van der Waals surface area contributed by atoms with E-state index in [4.69, 9.17) is 9.47 Å². The standard InChI is InChI=1S/C15H15N3O3/c1-20-10-5-3-4-9(6-10)14-17-12-8-16-7-11(12)13(18-14)15(19)21-2/h3-6,16H,7-8H2,1-2H3. The first-order valence-electron chi connectivity index (χ1n) is 6.56. The molecule has 0 amide bonds. The average molecular weight is 285 g/mol. The van der Waals surface area contributed by atoms with E-state index >= 15 is 0 Å². The summed E-state index contributed by atoms with van der Waals surface area (Å²) in [6.45, 7) is 1.21. The number of aromatic nitrogens is 2. The molecule has 2 heterocycles. The molecule has 1 aromatic carbocycles. The zero-order valence-corrected chi connectivity index (χ0v) is 11.8. The normalized spacial score (nSPS) is 12.9. The molecule has 0 aliphatic carbocycles. The molecule has 0 spiro atoms. The number of nitrogens with one attached hydrogen (secondary N) is 1. The van der Waals surface area contributed by atoms with Crippen molar-refractivity contribution >= 4 is 5.97 Å². The third-order valence-electron chi connectivity index (χ3n) is 3.39. The molecule has 0 fully saturated rings. The van der Waals surface area contributed by atoms with Crippen LogP contribution in [-0.2, 0) is 17.8 Å². The summed E-state index contributed by atoms with van der Waals surface area (Å²) in [5.74, 6) is 0.771. The topological polar surface area (TPSA) is 73.3 Å². The molecule has 1 aromatic heterocycles. The predicted molar refractivity (Wildman–Crippen MR) is 75.9 cm³/mol. The van der Waals surface area contributed by atoms with Crippen LogP contribution in [0.25, 0.3) is 11.4 Å². The number of carbonyl (C=O) groups is 1. The fraction of sp³-hybridized carbons (Fsp3) is 0.267. The first kappa shape index (κ1) is 13.5. The van der Waals surface area contributed by atoms with Crippen molar-refractivity contribution in [3.05, 3.63) is 41.2 Å². The van der Waals surface area contributed by atoms with Crippen LogP contribution >= 0.6 is 0 Å². The summed E-state index contributed by atoms with van der Waals surface area (Å²) in [6, 6.07) is 7.43. The smallest absolute Gasteiger partial charge is 0.357 e. The van der Waals surface area contributed by atoms with Crippen molar-refractivity contribution in [3.63, 3.8) is 0 Å². The second kappa shape index (κ2) is 5.49. The summed E-state index contributed by atoms with van der Waals surface area (Å²) in [4.78, 5) is 20.8. The van der Waals surface area contributed by atoms with Crippen LogP contribution < -0.4 is 10.1 Å². The number of benzene rings is 1. The number of carbonyl (C=O) groups excluding carboxylic acids is 1. The highest BCUT2D eigenvalue weighted by atomic mass is 16.5. The van der Waals surface area contributed by atoms with Gasteiger partial charge in [0.1, 0.15) is 5.75 Å². The van der Waals surface area contributed by atoms with Gasteiger partial charge in [0, 0.05) is 24.2 Å². The van der Waals surface area contributed by atoms with E-state index in [1.807, 2.05) is 24.3 Å². The van der Waals surface area contributed by atoms with Crippen molar-refractivity contribution < 1.29 is 14.3 Å². The molecule has 0 unspecified atom stereocenters. The molecule has 0 saturated heterocycles. The van der Waals surface area contributed by atoms with Crippen molar-refractivity contribution in [2.24, 2.45) is 0 Å². The summed E-state index contributed by atoms with van der Waals surface area (Å²) >= 11 is 0. The van der Waals surface area contributed by atoms with E-state index in [1.165, 1.54) is 7.11 Å². The van der Waals surface area contributed by atoms with E-state index in [-0.39, 0.29) is 0 Å². The lowest BCUT2D eigenvalue weighted by Gasteiger charge is -2.09.